The van der Waals surface area contributed by atoms with Gasteiger partial charge in [-0.05, 0) is 31.5 Å². The van der Waals surface area contributed by atoms with Crippen molar-refractivity contribution in [3.8, 4) is 0 Å². The summed E-state index contributed by atoms with van der Waals surface area (Å²) in [6, 6.07) is 13.2. The first-order valence-electron chi connectivity index (χ1n) is 8.11. The molecular formula is C19H22N2O3S. The number of carbonyl (C=O) groups excluding carboxylic acids is 1. The number of benzene rings is 2. The van der Waals surface area contributed by atoms with Gasteiger partial charge in [-0.15, -0.1) is 0 Å². The third kappa shape index (κ3) is 3.19. The molecule has 1 unspecified atom stereocenters. The van der Waals surface area contributed by atoms with Crippen molar-refractivity contribution in [3.63, 3.8) is 0 Å². The summed E-state index contributed by atoms with van der Waals surface area (Å²) in [5.74, 6) is -0.207. The first kappa shape index (κ1) is 17.6. The smallest absolute Gasteiger partial charge is 0.244 e. The first-order chi connectivity index (χ1) is 11.7. The van der Waals surface area contributed by atoms with E-state index in [0.717, 1.165) is 16.7 Å². The SMILES string of the molecule is Cc1ccc([C@@H]2[C@H](C(=O)N(C)C)N2S(=O)(=O)c2ccc(C)cc2)cc1. The molecule has 3 atom stereocenters. The van der Waals surface area contributed by atoms with Crippen LogP contribution in [0.15, 0.2) is 53.4 Å². The van der Waals surface area contributed by atoms with Crippen molar-refractivity contribution in [1.29, 1.82) is 0 Å². The zero-order valence-corrected chi connectivity index (χ0v) is 15.6. The number of likely N-dealkylation sites (N-methyl/N-ethyl adjacent to an activating group) is 1. The fourth-order valence-electron chi connectivity index (χ4n) is 2.94. The van der Waals surface area contributed by atoms with Crippen LogP contribution in [0.5, 0.6) is 0 Å². The van der Waals surface area contributed by atoms with E-state index in [1.165, 1.54) is 9.21 Å². The topological polar surface area (TPSA) is 57.5 Å². The van der Waals surface area contributed by atoms with Gasteiger partial charge in [0.2, 0.25) is 15.9 Å². The molecule has 2 aromatic rings. The number of sulfonamides is 1. The highest BCUT2D eigenvalue weighted by Gasteiger charge is 2.60. The fraction of sp³-hybridized carbons (Fsp3) is 0.316. The Kier molecular flexibility index (Phi) is 4.43. The van der Waals surface area contributed by atoms with Crippen molar-refractivity contribution in [2.24, 2.45) is 0 Å². The van der Waals surface area contributed by atoms with Gasteiger partial charge in [-0.2, -0.15) is 4.31 Å². The van der Waals surface area contributed by atoms with E-state index in [1.54, 1.807) is 38.4 Å². The van der Waals surface area contributed by atoms with Crippen LogP contribution in [0.3, 0.4) is 0 Å². The Hall–Kier alpha value is -2.18. The second-order valence-electron chi connectivity index (χ2n) is 6.68. The van der Waals surface area contributed by atoms with Gasteiger partial charge in [0.1, 0.15) is 6.04 Å². The molecule has 0 N–H and O–H groups in total. The maximum atomic E-state index is 13.0. The van der Waals surface area contributed by atoms with E-state index >= 15 is 0 Å². The van der Waals surface area contributed by atoms with Gasteiger partial charge in [0.15, 0.2) is 0 Å². The van der Waals surface area contributed by atoms with E-state index in [1.807, 2.05) is 38.1 Å². The lowest BCUT2D eigenvalue weighted by Crippen LogP contribution is -2.30. The Bertz CT molecular complexity index is 887. The largest absolute Gasteiger partial charge is 0.347 e. The predicted molar refractivity (Wildman–Crippen MR) is 96.6 cm³/mol. The van der Waals surface area contributed by atoms with Gasteiger partial charge in [-0.3, -0.25) is 4.79 Å². The molecule has 1 saturated heterocycles. The monoisotopic (exact) mass is 358 g/mol. The molecule has 0 aliphatic carbocycles. The van der Waals surface area contributed by atoms with Crippen LogP contribution in [-0.2, 0) is 14.8 Å². The van der Waals surface area contributed by atoms with Crippen molar-refractivity contribution in [1.82, 2.24) is 9.21 Å². The quantitative estimate of drug-likeness (QED) is 0.789. The van der Waals surface area contributed by atoms with Crippen molar-refractivity contribution < 1.29 is 13.2 Å². The average Bonchev–Trinajstić information content (AvgIpc) is 3.31. The fourth-order valence-corrected chi connectivity index (χ4v) is 4.65. The van der Waals surface area contributed by atoms with Crippen LogP contribution in [-0.4, -0.2) is 43.7 Å². The van der Waals surface area contributed by atoms with E-state index in [4.69, 9.17) is 0 Å². The molecule has 132 valence electrons. The first-order valence-corrected chi connectivity index (χ1v) is 9.55. The standard InChI is InChI=1S/C19H22N2O3S/c1-13-5-9-15(10-6-13)17-18(19(22)20(3)4)21(17)25(23,24)16-11-7-14(2)8-12-16/h5-12,17-18H,1-4H3/t17-,18-,21?/m1/s1. The maximum Gasteiger partial charge on any atom is 0.244 e. The van der Waals surface area contributed by atoms with Gasteiger partial charge < -0.3 is 4.90 Å². The third-order valence-corrected chi connectivity index (χ3v) is 6.34. The number of hydrogen-bond acceptors (Lipinski definition) is 3. The third-order valence-electron chi connectivity index (χ3n) is 4.47. The van der Waals surface area contributed by atoms with Crippen molar-refractivity contribution >= 4 is 15.9 Å². The summed E-state index contributed by atoms with van der Waals surface area (Å²) < 4.78 is 27.4. The normalized spacial score (nSPS) is 22.5. The van der Waals surface area contributed by atoms with Crippen LogP contribution in [0.2, 0.25) is 0 Å². The Morgan fingerprint density at radius 2 is 1.40 bits per heavy atom. The van der Waals surface area contributed by atoms with Crippen LogP contribution in [0.1, 0.15) is 22.7 Å². The van der Waals surface area contributed by atoms with Gasteiger partial charge in [0, 0.05) is 14.1 Å². The van der Waals surface area contributed by atoms with E-state index in [0.29, 0.717) is 0 Å². The average molecular weight is 358 g/mol. The molecule has 2 aromatic carbocycles. The Labute approximate surface area is 148 Å². The van der Waals surface area contributed by atoms with Crippen LogP contribution in [0, 0.1) is 13.8 Å². The summed E-state index contributed by atoms with van der Waals surface area (Å²) in [6.07, 6.45) is 0. The zero-order chi connectivity index (χ0) is 18.4. The van der Waals surface area contributed by atoms with Gasteiger partial charge in [0.25, 0.3) is 0 Å². The van der Waals surface area contributed by atoms with Crippen LogP contribution in [0.25, 0.3) is 0 Å². The zero-order valence-electron chi connectivity index (χ0n) is 14.8. The van der Waals surface area contributed by atoms with Gasteiger partial charge in [-0.1, -0.05) is 47.5 Å². The minimum Gasteiger partial charge on any atom is -0.347 e. The Morgan fingerprint density at radius 1 is 0.920 bits per heavy atom. The molecule has 0 bridgehead atoms. The van der Waals surface area contributed by atoms with Gasteiger partial charge in [-0.25, -0.2) is 8.42 Å². The number of nitrogens with zero attached hydrogens (tertiary/aromatic N) is 2. The number of rotatable bonds is 4. The molecular weight excluding hydrogens is 336 g/mol. The lowest BCUT2D eigenvalue weighted by molar-refractivity contribution is -0.128. The molecule has 1 aliphatic heterocycles. The number of amides is 1. The molecule has 25 heavy (non-hydrogen) atoms. The molecule has 1 heterocycles. The minimum atomic E-state index is -3.73. The summed E-state index contributed by atoms with van der Waals surface area (Å²) in [4.78, 5) is 14.2. The van der Waals surface area contributed by atoms with Gasteiger partial charge in [0.05, 0.1) is 10.9 Å². The number of carbonyl (C=O) groups is 1. The molecule has 0 radical (unpaired) electrons. The highest BCUT2D eigenvalue weighted by atomic mass is 32.2. The second-order valence-corrected chi connectivity index (χ2v) is 8.52. The molecule has 1 fully saturated rings. The molecule has 3 rings (SSSR count). The summed E-state index contributed by atoms with van der Waals surface area (Å²) in [5, 5.41) is 0. The molecule has 1 amide bonds. The Balaban J connectivity index is 2.00. The van der Waals surface area contributed by atoms with Crippen molar-refractivity contribution in [2.45, 2.75) is 30.8 Å². The summed E-state index contributed by atoms with van der Waals surface area (Å²) in [6.45, 7) is 3.88. The van der Waals surface area contributed by atoms with E-state index in [-0.39, 0.29) is 10.8 Å². The molecule has 5 nitrogen and oxygen atoms in total. The Morgan fingerprint density at radius 3 is 1.88 bits per heavy atom. The van der Waals surface area contributed by atoms with Crippen molar-refractivity contribution in [3.05, 3.63) is 65.2 Å². The summed E-state index contributed by atoms with van der Waals surface area (Å²) in [5.41, 5.74) is 2.91. The minimum absolute atomic E-state index is 0.207. The number of hydrogen-bond donors (Lipinski definition) is 0. The van der Waals surface area contributed by atoms with Crippen LogP contribution in [0.4, 0.5) is 0 Å². The van der Waals surface area contributed by atoms with Crippen LogP contribution >= 0.6 is 0 Å². The van der Waals surface area contributed by atoms with Gasteiger partial charge >= 0.3 is 0 Å². The van der Waals surface area contributed by atoms with E-state index < -0.39 is 22.1 Å². The lowest BCUT2D eigenvalue weighted by Gasteiger charge is -2.10. The summed E-state index contributed by atoms with van der Waals surface area (Å²) >= 11 is 0. The summed E-state index contributed by atoms with van der Waals surface area (Å²) in [7, 11) is -0.447. The molecule has 0 aromatic heterocycles. The molecule has 1 aliphatic rings. The lowest BCUT2D eigenvalue weighted by atomic mass is 10.1. The number of aryl methyl sites for hydroxylation is 2. The van der Waals surface area contributed by atoms with Crippen LogP contribution < -0.4 is 0 Å². The van der Waals surface area contributed by atoms with E-state index in [2.05, 4.69) is 0 Å². The molecule has 0 saturated carbocycles. The van der Waals surface area contributed by atoms with Crippen molar-refractivity contribution in [2.75, 3.05) is 14.1 Å². The molecule has 0 spiro atoms. The molecule has 6 heteroatoms. The highest BCUT2D eigenvalue weighted by Crippen LogP contribution is 2.48. The second kappa shape index (κ2) is 6.28. The van der Waals surface area contributed by atoms with E-state index in [9.17, 15) is 13.2 Å². The predicted octanol–water partition coefficient (Wildman–Crippen LogP) is 2.51. The maximum absolute atomic E-state index is 13.0. The highest BCUT2D eigenvalue weighted by molar-refractivity contribution is 7.89.